The van der Waals surface area contributed by atoms with Gasteiger partial charge in [-0.2, -0.15) is 0 Å². The van der Waals surface area contributed by atoms with Gasteiger partial charge in [0.15, 0.2) is 0 Å². The van der Waals surface area contributed by atoms with Crippen LogP contribution in [0.2, 0.25) is 0 Å². The molecule has 4 nitrogen and oxygen atoms in total. The van der Waals surface area contributed by atoms with Crippen molar-refractivity contribution in [1.29, 1.82) is 0 Å². The molecule has 4 heteroatoms. The van der Waals surface area contributed by atoms with Gasteiger partial charge < -0.3 is 15.5 Å². The molecule has 0 saturated heterocycles. The highest BCUT2D eigenvalue weighted by molar-refractivity contribution is 5.76. The van der Waals surface area contributed by atoms with Crippen molar-refractivity contribution in [2.45, 2.75) is 347 Å². The van der Waals surface area contributed by atoms with E-state index < -0.39 is 12.1 Å². The minimum absolute atomic E-state index is 0.0723. The molecule has 0 heterocycles. The van der Waals surface area contributed by atoms with Crippen molar-refractivity contribution >= 4 is 5.91 Å². The SMILES string of the molecule is CCCCCCCC/C=C/CC/C=C/CC/C=C/C(O)C(CO)NC(=O)CCCCCCCCCCCCCCCCCCCCCCCCCCCCCCCCCCCCCCCC. The lowest BCUT2D eigenvalue weighted by Crippen LogP contribution is -2.45. The molecule has 0 aromatic carbocycles. The molecular weight excluding hydrogens is 807 g/mol. The van der Waals surface area contributed by atoms with Gasteiger partial charge in [-0.3, -0.25) is 4.79 Å². The highest BCUT2D eigenvalue weighted by atomic mass is 16.3. The summed E-state index contributed by atoms with van der Waals surface area (Å²) in [6.07, 6.45) is 79.2. The van der Waals surface area contributed by atoms with Crippen LogP contribution in [0.5, 0.6) is 0 Å². The number of nitrogens with one attached hydrogen (secondary N) is 1. The molecule has 0 aromatic rings. The van der Waals surface area contributed by atoms with E-state index >= 15 is 0 Å². The number of amides is 1. The topological polar surface area (TPSA) is 69.6 Å². The fourth-order valence-corrected chi connectivity index (χ4v) is 9.51. The summed E-state index contributed by atoms with van der Waals surface area (Å²) in [6.45, 7) is 4.31. The Labute approximate surface area is 414 Å². The van der Waals surface area contributed by atoms with E-state index in [2.05, 4.69) is 43.5 Å². The van der Waals surface area contributed by atoms with Gasteiger partial charge in [0.05, 0.1) is 18.8 Å². The predicted octanol–water partition coefficient (Wildman–Crippen LogP) is 20.0. The maximum atomic E-state index is 12.5. The second-order valence-electron chi connectivity index (χ2n) is 20.8. The van der Waals surface area contributed by atoms with Gasteiger partial charge in [-0.1, -0.05) is 320 Å². The Bertz CT molecular complexity index is 1010. The monoisotopic (exact) mass is 926 g/mol. The van der Waals surface area contributed by atoms with E-state index in [0.29, 0.717) is 6.42 Å². The van der Waals surface area contributed by atoms with Crippen molar-refractivity contribution in [3.63, 3.8) is 0 Å². The highest BCUT2D eigenvalue weighted by Crippen LogP contribution is 2.18. The number of hydrogen-bond acceptors (Lipinski definition) is 3. The predicted molar refractivity (Wildman–Crippen MR) is 295 cm³/mol. The first kappa shape index (κ1) is 64.6. The summed E-state index contributed by atoms with van der Waals surface area (Å²) in [5.41, 5.74) is 0. The molecule has 2 atom stereocenters. The summed E-state index contributed by atoms with van der Waals surface area (Å²) in [5, 5.41) is 23.1. The number of unbranched alkanes of at least 4 members (excludes halogenated alkanes) is 45. The summed E-state index contributed by atoms with van der Waals surface area (Å²) >= 11 is 0. The number of carbonyl (C=O) groups is 1. The van der Waals surface area contributed by atoms with Gasteiger partial charge in [0.25, 0.3) is 0 Å². The highest BCUT2D eigenvalue weighted by Gasteiger charge is 2.18. The number of allylic oxidation sites excluding steroid dienone is 5. The van der Waals surface area contributed by atoms with Gasteiger partial charge in [0.1, 0.15) is 0 Å². The number of aliphatic hydroxyl groups excluding tert-OH is 2. The number of rotatable bonds is 56. The number of aliphatic hydroxyl groups is 2. The summed E-state index contributed by atoms with van der Waals surface area (Å²) in [5.74, 6) is -0.0723. The molecule has 0 fully saturated rings. The standard InChI is InChI=1S/C62H119NO3/c1-3-5-7-9-11-13-15-17-19-21-22-23-24-25-26-27-28-29-30-31-32-33-34-35-36-37-38-39-40-41-42-44-46-48-50-52-54-56-58-62(66)63-60(59-64)61(65)57-55-53-51-49-47-45-43-20-18-16-14-12-10-8-6-4-2/h18,20,47,49,55,57,60-61,64-65H,3-17,19,21-46,48,50-54,56,58-59H2,1-2H3,(H,63,66)/b20-18+,49-47+,57-55+. The maximum absolute atomic E-state index is 12.5. The molecule has 66 heavy (non-hydrogen) atoms. The Morgan fingerprint density at radius 2 is 0.591 bits per heavy atom. The fraction of sp³-hybridized carbons (Fsp3) is 0.887. The first-order valence-corrected chi connectivity index (χ1v) is 30.2. The Hall–Kier alpha value is -1.39. The molecule has 0 aliphatic heterocycles. The molecule has 0 aliphatic carbocycles. The maximum Gasteiger partial charge on any atom is 0.220 e. The van der Waals surface area contributed by atoms with Crippen LogP contribution in [-0.2, 0) is 4.79 Å². The van der Waals surface area contributed by atoms with E-state index in [1.807, 2.05) is 6.08 Å². The van der Waals surface area contributed by atoms with Crippen molar-refractivity contribution in [2.75, 3.05) is 6.61 Å². The van der Waals surface area contributed by atoms with Crippen LogP contribution in [0.15, 0.2) is 36.5 Å². The first-order chi connectivity index (χ1) is 32.7. The average molecular weight is 927 g/mol. The van der Waals surface area contributed by atoms with Crippen LogP contribution < -0.4 is 5.32 Å². The van der Waals surface area contributed by atoms with E-state index in [0.717, 1.165) is 38.5 Å². The molecule has 0 rings (SSSR count). The third kappa shape index (κ3) is 53.6. The van der Waals surface area contributed by atoms with Crippen LogP contribution in [0, 0.1) is 0 Å². The van der Waals surface area contributed by atoms with Crippen molar-refractivity contribution in [2.24, 2.45) is 0 Å². The van der Waals surface area contributed by atoms with Crippen LogP contribution >= 0.6 is 0 Å². The molecule has 3 N–H and O–H groups in total. The molecule has 2 unspecified atom stereocenters. The van der Waals surface area contributed by atoms with E-state index in [1.165, 1.54) is 276 Å². The Morgan fingerprint density at radius 1 is 0.348 bits per heavy atom. The normalized spacial score (nSPS) is 13.0. The minimum Gasteiger partial charge on any atom is -0.394 e. The van der Waals surface area contributed by atoms with Crippen LogP contribution in [0.3, 0.4) is 0 Å². The molecule has 1 amide bonds. The molecule has 0 saturated carbocycles. The minimum atomic E-state index is -0.868. The summed E-state index contributed by atoms with van der Waals surface area (Å²) in [4.78, 5) is 12.5. The smallest absolute Gasteiger partial charge is 0.220 e. The third-order valence-electron chi connectivity index (χ3n) is 14.1. The summed E-state index contributed by atoms with van der Waals surface area (Å²) in [6, 6.07) is -0.643. The van der Waals surface area contributed by atoms with E-state index in [-0.39, 0.29) is 12.5 Å². The zero-order valence-corrected chi connectivity index (χ0v) is 45.0. The molecule has 390 valence electrons. The van der Waals surface area contributed by atoms with Gasteiger partial charge in [-0.25, -0.2) is 0 Å². The van der Waals surface area contributed by atoms with Crippen LogP contribution in [-0.4, -0.2) is 34.9 Å². The number of hydrogen-bond donors (Lipinski definition) is 3. The van der Waals surface area contributed by atoms with Crippen molar-refractivity contribution in [3.8, 4) is 0 Å². The number of carbonyl (C=O) groups excluding carboxylic acids is 1. The third-order valence-corrected chi connectivity index (χ3v) is 14.1. The average Bonchev–Trinajstić information content (AvgIpc) is 3.32. The molecule has 0 aromatic heterocycles. The summed E-state index contributed by atoms with van der Waals surface area (Å²) < 4.78 is 0. The van der Waals surface area contributed by atoms with E-state index in [1.54, 1.807) is 6.08 Å². The zero-order chi connectivity index (χ0) is 47.7. The first-order valence-electron chi connectivity index (χ1n) is 30.2. The fourth-order valence-electron chi connectivity index (χ4n) is 9.51. The molecular formula is C62H119NO3. The molecule has 0 aliphatic rings. The van der Waals surface area contributed by atoms with Crippen molar-refractivity contribution in [3.05, 3.63) is 36.5 Å². The molecule has 0 radical (unpaired) electrons. The summed E-state index contributed by atoms with van der Waals surface area (Å²) in [7, 11) is 0. The van der Waals surface area contributed by atoms with Crippen LogP contribution in [0.25, 0.3) is 0 Å². The molecule has 0 spiro atoms. The van der Waals surface area contributed by atoms with Crippen LogP contribution in [0.1, 0.15) is 335 Å². The van der Waals surface area contributed by atoms with Gasteiger partial charge in [0.2, 0.25) is 5.91 Å². The lowest BCUT2D eigenvalue weighted by atomic mass is 10.0. The second-order valence-corrected chi connectivity index (χ2v) is 20.8. The van der Waals surface area contributed by atoms with Gasteiger partial charge in [0, 0.05) is 6.42 Å². The lowest BCUT2D eigenvalue weighted by Gasteiger charge is -2.19. The van der Waals surface area contributed by atoms with E-state index in [9.17, 15) is 15.0 Å². The quantitative estimate of drug-likeness (QED) is 0.0420. The second kappa shape index (κ2) is 57.9. The van der Waals surface area contributed by atoms with Gasteiger partial charge >= 0.3 is 0 Å². The lowest BCUT2D eigenvalue weighted by molar-refractivity contribution is -0.123. The Balaban J connectivity index is 3.39. The van der Waals surface area contributed by atoms with Crippen molar-refractivity contribution in [1.82, 2.24) is 5.32 Å². The van der Waals surface area contributed by atoms with E-state index in [4.69, 9.17) is 0 Å². The van der Waals surface area contributed by atoms with Gasteiger partial charge in [-0.15, -0.1) is 0 Å². The Morgan fingerprint density at radius 3 is 0.879 bits per heavy atom. The molecule has 0 bridgehead atoms. The largest absolute Gasteiger partial charge is 0.394 e. The van der Waals surface area contributed by atoms with Gasteiger partial charge in [-0.05, 0) is 44.9 Å². The van der Waals surface area contributed by atoms with Crippen molar-refractivity contribution < 1.29 is 15.0 Å². The van der Waals surface area contributed by atoms with Crippen LogP contribution in [0.4, 0.5) is 0 Å². The zero-order valence-electron chi connectivity index (χ0n) is 45.0. The Kier molecular flexibility index (Phi) is 56.7.